The number of aromatic nitrogens is 2. The van der Waals surface area contributed by atoms with Gasteiger partial charge in [0.25, 0.3) is 0 Å². The van der Waals surface area contributed by atoms with Crippen LogP contribution in [0.15, 0.2) is 29.8 Å². The van der Waals surface area contributed by atoms with Gasteiger partial charge in [-0.05, 0) is 25.0 Å². The Kier molecular flexibility index (Phi) is 4.14. The number of carbonyl (C=O) groups is 2. The van der Waals surface area contributed by atoms with Crippen molar-refractivity contribution in [3.05, 3.63) is 35.5 Å². The molecule has 2 fully saturated rings. The molecule has 2 aromatic heterocycles. The minimum absolute atomic E-state index is 0.0715. The lowest BCUT2D eigenvalue weighted by molar-refractivity contribution is -0.140. The van der Waals surface area contributed by atoms with Crippen molar-refractivity contribution in [2.24, 2.45) is 5.92 Å². The van der Waals surface area contributed by atoms with Gasteiger partial charge in [-0.2, -0.15) is 0 Å². The van der Waals surface area contributed by atoms with Gasteiger partial charge in [0, 0.05) is 36.5 Å². The van der Waals surface area contributed by atoms with Gasteiger partial charge in [-0.25, -0.2) is 4.98 Å². The van der Waals surface area contributed by atoms with Gasteiger partial charge in [0.1, 0.15) is 10.8 Å². The molecule has 1 amide bonds. The summed E-state index contributed by atoms with van der Waals surface area (Å²) in [5, 5.41) is 2.77. The molecule has 6 heteroatoms. The molecule has 2 aromatic rings. The maximum absolute atomic E-state index is 12.7. The van der Waals surface area contributed by atoms with Crippen molar-refractivity contribution in [3.8, 4) is 10.7 Å². The highest BCUT2D eigenvalue weighted by Gasteiger charge is 2.41. The molecule has 5 nitrogen and oxygen atoms in total. The predicted octanol–water partition coefficient (Wildman–Crippen LogP) is 2.72. The summed E-state index contributed by atoms with van der Waals surface area (Å²) in [4.78, 5) is 35.5. The van der Waals surface area contributed by atoms with Gasteiger partial charge in [-0.1, -0.05) is 12.5 Å². The molecule has 1 saturated carbocycles. The normalized spacial score (nSPS) is 23.3. The lowest BCUT2D eigenvalue weighted by Crippen LogP contribution is -2.50. The molecule has 0 unspecified atom stereocenters. The third-order valence-electron chi connectivity index (χ3n) is 4.98. The number of nitrogens with zero attached hydrogens (tertiary/aromatic N) is 3. The molecular weight excluding hydrogens is 322 g/mol. The Labute approximate surface area is 144 Å². The van der Waals surface area contributed by atoms with Crippen molar-refractivity contribution in [3.63, 3.8) is 0 Å². The molecule has 0 N–H and O–H groups in total. The minimum atomic E-state index is 0.0715. The maximum Gasteiger partial charge on any atom is 0.228 e. The van der Waals surface area contributed by atoms with Crippen molar-refractivity contribution in [1.82, 2.24) is 14.9 Å². The van der Waals surface area contributed by atoms with Crippen molar-refractivity contribution in [2.45, 2.75) is 38.1 Å². The van der Waals surface area contributed by atoms with Gasteiger partial charge in [0.2, 0.25) is 5.91 Å². The first kappa shape index (κ1) is 15.4. The Hall–Kier alpha value is -2.08. The van der Waals surface area contributed by atoms with E-state index in [1.165, 1.54) is 11.3 Å². The second-order valence-corrected chi connectivity index (χ2v) is 7.30. The van der Waals surface area contributed by atoms with Crippen molar-refractivity contribution in [1.29, 1.82) is 0 Å². The number of Topliss-reactive ketones (excluding diaryl/α,β-unsaturated/α-hetero) is 1. The van der Waals surface area contributed by atoms with Gasteiger partial charge in [-0.3, -0.25) is 14.6 Å². The van der Waals surface area contributed by atoms with Crippen LogP contribution < -0.4 is 0 Å². The molecule has 1 aliphatic carbocycles. The number of hydrogen-bond acceptors (Lipinski definition) is 5. The minimum Gasteiger partial charge on any atom is -0.338 e. The predicted molar refractivity (Wildman–Crippen MR) is 91.5 cm³/mol. The fourth-order valence-corrected chi connectivity index (χ4v) is 4.63. The van der Waals surface area contributed by atoms with Crippen LogP contribution in [-0.4, -0.2) is 39.1 Å². The maximum atomic E-state index is 12.7. The third kappa shape index (κ3) is 2.86. The summed E-state index contributed by atoms with van der Waals surface area (Å²) in [7, 11) is 0. The molecule has 0 spiro atoms. The number of likely N-dealkylation sites (tertiary alicyclic amines) is 1. The van der Waals surface area contributed by atoms with Crippen LogP contribution in [0.4, 0.5) is 0 Å². The van der Waals surface area contributed by atoms with Gasteiger partial charge in [0.15, 0.2) is 0 Å². The van der Waals surface area contributed by atoms with Crippen molar-refractivity contribution in [2.75, 3.05) is 6.54 Å². The number of amides is 1. The average Bonchev–Trinajstić information content (AvgIpc) is 3.26. The fraction of sp³-hybridized carbons (Fsp3) is 0.444. The summed E-state index contributed by atoms with van der Waals surface area (Å²) in [5.74, 6) is 0.507. The van der Waals surface area contributed by atoms with Gasteiger partial charge < -0.3 is 4.90 Å². The van der Waals surface area contributed by atoms with Crippen LogP contribution in [0.25, 0.3) is 10.7 Å². The van der Waals surface area contributed by atoms with Crippen LogP contribution in [0.2, 0.25) is 0 Å². The van der Waals surface area contributed by atoms with E-state index in [1.807, 2.05) is 28.5 Å². The summed E-state index contributed by atoms with van der Waals surface area (Å²) in [6, 6.07) is 5.84. The van der Waals surface area contributed by atoms with E-state index < -0.39 is 0 Å². The molecule has 0 aromatic carbocycles. The van der Waals surface area contributed by atoms with Crippen molar-refractivity contribution >= 4 is 23.0 Å². The number of hydrogen-bond donors (Lipinski definition) is 0. The first-order valence-corrected chi connectivity index (χ1v) is 9.28. The Morgan fingerprint density at radius 1 is 1.33 bits per heavy atom. The van der Waals surface area contributed by atoms with E-state index in [9.17, 15) is 9.59 Å². The van der Waals surface area contributed by atoms with Crippen LogP contribution in [0.1, 0.15) is 31.4 Å². The van der Waals surface area contributed by atoms with Gasteiger partial charge >= 0.3 is 0 Å². The summed E-state index contributed by atoms with van der Waals surface area (Å²) < 4.78 is 0. The Bertz CT molecular complexity index is 759. The lowest BCUT2D eigenvalue weighted by atomic mass is 9.90. The highest BCUT2D eigenvalue weighted by molar-refractivity contribution is 7.13. The number of thiazole rings is 1. The molecule has 0 radical (unpaired) electrons. The van der Waals surface area contributed by atoms with E-state index in [2.05, 4.69) is 9.97 Å². The number of pyridine rings is 1. The van der Waals surface area contributed by atoms with E-state index in [0.29, 0.717) is 25.2 Å². The second kappa shape index (κ2) is 6.43. The van der Waals surface area contributed by atoms with Gasteiger partial charge in [-0.15, -0.1) is 11.3 Å². The zero-order valence-corrected chi connectivity index (χ0v) is 14.2. The molecule has 1 aliphatic heterocycles. The standard InChI is InChI=1S/C18H19N3O2S/c22-16-7-9-21(15-6-3-4-13(15)16)17(23)10-12-11-24-18(20-12)14-5-1-2-8-19-14/h1-2,5,8,11,13,15H,3-4,6-7,9-10H2/t13-,15-/m1/s1. The monoisotopic (exact) mass is 341 g/mol. The van der Waals surface area contributed by atoms with Crippen LogP contribution in [-0.2, 0) is 16.0 Å². The van der Waals surface area contributed by atoms with E-state index in [0.717, 1.165) is 35.7 Å². The number of rotatable bonds is 3. The summed E-state index contributed by atoms with van der Waals surface area (Å²) in [6.07, 6.45) is 5.49. The number of piperidine rings is 1. The van der Waals surface area contributed by atoms with E-state index in [4.69, 9.17) is 0 Å². The smallest absolute Gasteiger partial charge is 0.228 e. The molecule has 4 rings (SSSR count). The number of fused-ring (bicyclic) bond motifs is 1. The Morgan fingerprint density at radius 3 is 3.08 bits per heavy atom. The van der Waals surface area contributed by atoms with Crippen LogP contribution >= 0.6 is 11.3 Å². The van der Waals surface area contributed by atoms with E-state index in [1.54, 1.807) is 6.20 Å². The van der Waals surface area contributed by atoms with E-state index >= 15 is 0 Å². The molecule has 124 valence electrons. The molecule has 2 aliphatic rings. The zero-order chi connectivity index (χ0) is 16.5. The zero-order valence-electron chi connectivity index (χ0n) is 13.4. The summed E-state index contributed by atoms with van der Waals surface area (Å²) >= 11 is 1.51. The average molecular weight is 341 g/mol. The molecule has 2 atom stereocenters. The molecule has 24 heavy (non-hydrogen) atoms. The largest absolute Gasteiger partial charge is 0.338 e. The van der Waals surface area contributed by atoms with E-state index in [-0.39, 0.29) is 17.9 Å². The summed E-state index contributed by atoms with van der Waals surface area (Å²) in [5.41, 5.74) is 1.62. The summed E-state index contributed by atoms with van der Waals surface area (Å²) in [6.45, 7) is 0.566. The van der Waals surface area contributed by atoms with Crippen LogP contribution in [0, 0.1) is 5.92 Å². The Morgan fingerprint density at radius 2 is 2.25 bits per heavy atom. The first-order chi connectivity index (χ1) is 11.7. The topological polar surface area (TPSA) is 63.2 Å². The van der Waals surface area contributed by atoms with Crippen LogP contribution in [0.5, 0.6) is 0 Å². The SMILES string of the molecule is O=C1CCN(C(=O)Cc2csc(-c3ccccn3)n2)[C@@H]2CCC[C@@H]12. The quantitative estimate of drug-likeness (QED) is 0.861. The third-order valence-corrected chi connectivity index (χ3v) is 5.89. The highest BCUT2D eigenvalue weighted by Crippen LogP contribution is 2.35. The van der Waals surface area contributed by atoms with Crippen LogP contribution in [0.3, 0.4) is 0 Å². The molecule has 1 saturated heterocycles. The lowest BCUT2D eigenvalue weighted by Gasteiger charge is -2.36. The second-order valence-electron chi connectivity index (χ2n) is 6.44. The molecule has 3 heterocycles. The Balaban J connectivity index is 1.47. The first-order valence-electron chi connectivity index (χ1n) is 8.40. The van der Waals surface area contributed by atoms with Gasteiger partial charge in [0.05, 0.1) is 17.8 Å². The number of ketones is 1. The molecule has 0 bridgehead atoms. The molecular formula is C18H19N3O2S. The van der Waals surface area contributed by atoms with Crippen molar-refractivity contribution < 1.29 is 9.59 Å². The highest BCUT2D eigenvalue weighted by atomic mass is 32.1. The fourth-order valence-electron chi connectivity index (χ4n) is 3.83. The number of carbonyl (C=O) groups excluding carboxylic acids is 2.